The highest BCUT2D eigenvalue weighted by atomic mass is 79.9. The monoisotopic (exact) mass is 314 g/mol. The Morgan fingerprint density at radius 2 is 2.24 bits per heavy atom. The van der Waals surface area contributed by atoms with Crippen molar-refractivity contribution >= 4 is 39.2 Å². The number of imidazole rings is 1. The molecule has 0 saturated heterocycles. The van der Waals surface area contributed by atoms with Gasteiger partial charge in [0.2, 0.25) is 0 Å². The van der Waals surface area contributed by atoms with E-state index < -0.39 is 0 Å². The van der Waals surface area contributed by atoms with E-state index in [-0.39, 0.29) is 5.82 Å². The van der Waals surface area contributed by atoms with Gasteiger partial charge in [0.05, 0.1) is 15.5 Å². The summed E-state index contributed by atoms with van der Waals surface area (Å²) >= 11 is 8.49. The summed E-state index contributed by atoms with van der Waals surface area (Å²) in [5, 5.41) is 0. The molecule has 2 nitrogen and oxygen atoms in total. The molecular weight excluding hydrogens is 303 g/mol. The number of fused-ring (bicyclic) bond motifs is 1. The molecule has 1 heterocycles. The van der Waals surface area contributed by atoms with Gasteiger partial charge in [-0.2, -0.15) is 0 Å². The molecule has 3 rings (SSSR count). The molecular formula is C12H12BrFN2S. The van der Waals surface area contributed by atoms with E-state index in [1.165, 1.54) is 18.9 Å². The number of hydrogen-bond donors (Lipinski definition) is 1. The minimum Gasteiger partial charge on any atom is -0.331 e. The maximum Gasteiger partial charge on any atom is 0.178 e. The summed E-state index contributed by atoms with van der Waals surface area (Å²) in [6.45, 7) is 3.11. The van der Waals surface area contributed by atoms with Gasteiger partial charge in [-0.15, -0.1) is 0 Å². The van der Waals surface area contributed by atoms with Crippen LogP contribution in [-0.2, 0) is 6.54 Å². The van der Waals surface area contributed by atoms with Gasteiger partial charge in [0, 0.05) is 12.6 Å². The fraction of sp³-hybridized carbons (Fsp3) is 0.417. The Morgan fingerprint density at radius 1 is 1.53 bits per heavy atom. The first kappa shape index (κ1) is 11.4. The highest BCUT2D eigenvalue weighted by Gasteiger charge is 2.38. The number of rotatable bonds is 2. The summed E-state index contributed by atoms with van der Waals surface area (Å²) in [5.74, 6) is -0.249. The van der Waals surface area contributed by atoms with E-state index in [9.17, 15) is 4.39 Å². The van der Waals surface area contributed by atoms with Gasteiger partial charge in [-0.1, -0.05) is 6.92 Å². The first-order chi connectivity index (χ1) is 7.98. The number of hydrogen-bond acceptors (Lipinski definition) is 1. The zero-order valence-corrected chi connectivity index (χ0v) is 11.8. The van der Waals surface area contributed by atoms with E-state index in [0.717, 1.165) is 17.6 Å². The number of aromatic amines is 1. The molecule has 0 unspecified atom stereocenters. The summed E-state index contributed by atoms with van der Waals surface area (Å²) in [7, 11) is 0. The lowest BCUT2D eigenvalue weighted by molar-refractivity contribution is 0.469. The molecule has 1 aliphatic carbocycles. The molecule has 1 aliphatic rings. The van der Waals surface area contributed by atoms with Crippen molar-refractivity contribution in [3.8, 4) is 0 Å². The van der Waals surface area contributed by atoms with Crippen molar-refractivity contribution in [3.63, 3.8) is 0 Å². The molecule has 1 aromatic carbocycles. The van der Waals surface area contributed by atoms with Crippen LogP contribution in [0.25, 0.3) is 11.0 Å². The van der Waals surface area contributed by atoms with Gasteiger partial charge in [-0.05, 0) is 52.5 Å². The average molecular weight is 315 g/mol. The summed E-state index contributed by atoms with van der Waals surface area (Å²) in [4.78, 5) is 3.13. The molecule has 5 heteroatoms. The minimum absolute atomic E-state index is 0.249. The van der Waals surface area contributed by atoms with E-state index in [4.69, 9.17) is 12.2 Å². The number of nitrogens with one attached hydrogen (secondary N) is 1. The normalized spacial score (nSPS) is 17.6. The molecule has 0 bridgehead atoms. The Bertz CT molecular complexity index is 654. The first-order valence-electron chi connectivity index (χ1n) is 5.56. The van der Waals surface area contributed by atoms with Gasteiger partial charge < -0.3 is 9.55 Å². The standard InChI is InChI=1S/C12H12BrFN2S/c1-12(2-3-12)6-16-10-5-8(14)7(13)4-9(10)15-11(16)17/h4-5H,2-3,6H2,1H3,(H,15,17). The van der Waals surface area contributed by atoms with Gasteiger partial charge in [0.25, 0.3) is 0 Å². The minimum atomic E-state index is -0.249. The molecule has 0 aliphatic heterocycles. The Labute approximate surface area is 112 Å². The van der Waals surface area contributed by atoms with Crippen LogP contribution in [0.3, 0.4) is 0 Å². The van der Waals surface area contributed by atoms with Crippen molar-refractivity contribution in [1.29, 1.82) is 0 Å². The summed E-state index contributed by atoms with van der Waals surface area (Å²) in [6, 6.07) is 3.28. The molecule has 1 aromatic heterocycles. The van der Waals surface area contributed by atoms with E-state index in [1.807, 2.05) is 4.57 Å². The second-order valence-electron chi connectivity index (χ2n) is 5.11. The molecule has 0 spiro atoms. The molecule has 1 fully saturated rings. The van der Waals surface area contributed by atoms with Gasteiger partial charge in [-0.3, -0.25) is 0 Å². The topological polar surface area (TPSA) is 20.7 Å². The Balaban J connectivity index is 2.19. The predicted molar refractivity (Wildman–Crippen MR) is 72.1 cm³/mol. The lowest BCUT2D eigenvalue weighted by Crippen LogP contribution is -2.07. The highest BCUT2D eigenvalue weighted by molar-refractivity contribution is 9.10. The Kier molecular flexibility index (Phi) is 2.45. The average Bonchev–Trinajstić information content (AvgIpc) is 2.91. The zero-order chi connectivity index (χ0) is 12.2. The number of H-pyrrole nitrogens is 1. The van der Waals surface area contributed by atoms with Crippen molar-refractivity contribution < 1.29 is 4.39 Å². The maximum atomic E-state index is 13.6. The Morgan fingerprint density at radius 3 is 2.88 bits per heavy atom. The summed E-state index contributed by atoms with van der Waals surface area (Å²) < 4.78 is 16.7. The third kappa shape index (κ3) is 1.95. The number of aromatic nitrogens is 2. The van der Waals surface area contributed by atoms with Gasteiger partial charge >= 0.3 is 0 Å². The smallest absolute Gasteiger partial charge is 0.178 e. The molecule has 0 radical (unpaired) electrons. The molecule has 90 valence electrons. The van der Waals surface area contributed by atoms with E-state index in [2.05, 4.69) is 27.8 Å². The number of benzene rings is 1. The van der Waals surface area contributed by atoms with E-state index in [1.54, 1.807) is 6.07 Å². The molecule has 0 amide bonds. The van der Waals surface area contributed by atoms with Crippen LogP contribution < -0.4 is 0 Å². The van der Waals surface area contributed by atoms with Crippen molar-refractivity contribution in [1.82, 2.24) is 9.55 Å². The molecule has 17 heavy (non-hydrogen) atoms. The van der Waals surface area contributed by atoms with Crippen LogP contribution in [0.15, 0.2) is 16.6 Å². The molecule has 1 saturated carbocycles. The quantitative estimate of drug-likeness (QED) is 0.815. The van der Waals surface area contributed by atoms with Crippen LogP contribution in [0, 0.1) is 16.0 Å². The van der Waals surface area contributed by atoms with E-state index in [0.29, 0.717) is 14.7 Å². The van der Waals surface area contributed by atoms with Crippen LogP contribution in [0.2, 0.25) is 0 Å². The maximum absolute atomic E-state index is 13.6. The second kappa shape index (κ2) is 3.65. The van der Waals surface area contributed by atoms with Crippen molar-refractivity contribution in [3.05, 3.63) is 27.2 Å². The highest BCUT2D eigenvalue weighted by Crippen LogP contribution is 2.46. The third-order valence-electron chi connectivity index (χ3n) is 3.46. The van der Waals surface area contributed by atoms with Crippen LogP contribution in [0.1, 0.15) is 19.8 Å². The molecule has 0 atom stereocenters. The number of halogens is 2. The molecule has 1 N–H and O–H groups in total. The van der Waals surface area contributed by atoms with E-state index >= 15 is 0 Å². The van der Waals surface area contributed by atoms with Crippen LogP contribution in [0.5, 0.6) is 0 Å². The van der Waals surface area contributed by atoms with Gasteiger partial charge in [0.15, 0.2) is 4.77 Å². The fourth-order valence-corrected chi connectivity index (χ4v) is 2.68. The third-order valence-corrected chi connectivity index (χ3v) is 4.39. The lowest BCUT2D eigenvalue weighted by Gasteiger charge is -2.10. The lowest BCUT2D eigenvalue weighted by atomic mass is 10.1. The summed E-state index contributed by atoms with van der Waals surface area (Å²) in [6.07, 6.45) is 2.45. The largest absolute Gasteiger partial charge is 0.331 e. The van der Waals surface area contributed by atoms with Crippen molar-refractivity contribution in [2.24, 2.45) is 5.41 Å². The van der Waals surface area contributed by atoms with Crippen LogP contribution in [0.4, 0.5) is 4.39 Å². The van der Waals surface area contributed by atoms with Crippen LogP contribution >= 0.6 is 28.1 Å². The predicted octanol–water partition coefficient (Wildman–Crippen LogP) is 4.40. The zero-order valence-electron chi connectivity index (χ0n) is 9.39. The Hall–Kier alpha value is -0.680. The SMILES string of the molecule is CC1(Cn2c(=S)[nH]c3cc(Br)c(F)cc32)CC1. The fourth-order valence-electron chi connectivity index (χ4n) is 2.06. The van der Waals surface area contributed by atoms with Crippen molar-refractivity contribution in [2.75, 3.05) is 0 Å². The number of nitrogens with zero attached hydrogens (tertiary/aromatic N) is 1. The van der Waals surface area contributed by atoms with Crippen molar-refractivity contribution in [2.45, 2.75) is 26.3 Å². The first-order valence-corrected chi connectivity index (χ1v) is 6.76. The van der Waals surface area contributed by atoms with Crippen LogP contribution in [-0.4, -0.2) is 9.55 Å². The summed E-state index contributed by atoms with van der Waals surface area (Å²) in [5.41, 5.74) is 2.08. The molecule has 2 aromatic rings. The van der Waals surface area contributed by atoms with Gasteiger partial charge in [0.1, 0.15) is 5.82 Å². The van der Waals surface area contributed by atoms with Gasteiger partial charge in [-0.25, -0.2) is 4.39 Å². The second-order valence-corrected chi connectivity index (χ2v) is 6.35.